The fourth-order valence-corrected chi connectivity index (χ4v) is 1.28. The molecule has 0 fully saturated rings. The Morgan fingerprint density at radius 3 is 2.85 bits per heavy atom. The molecule has 0 amide bonds. The zero-order valence-electron chi connectivity index (χ0n) is 7.32. The highest BCUT2D eigenvalue weighted by molar-refractivity contribution is 5.77. The van der Waals surface area contributed by atoms with Crippen LogP contribution in [0.2, 0.25) is 0 Å². The highest BCUT2D eigenvalue weighted by Crippen LogP contribution is 2.22. The van der Waals surface area contributed by atoms with Crippen molar-refractivity contribution in [2.45, 2.75) is 13.0 Å². The molecule has 68 valence electrons. The maximum Gasteiger partial charge on any atom is 0.134 e. The normalized spacial score (nSPS) is 13.4. The molecule has 2 rings (SSSR count). The van der Waals surface area contributed by atoms with E-state index in [1.807, 2.05) is 37.3 Å². The fourth-order valence-electron chi connectivity index (χ4n) is 1.28. The van der Waals surface area contributed by atoms with Crippen molar-refractivity contribution in [2.24, 2.45) is 0 Å². The standard InChI is InChI=1S/C10H11NO2/c1-7(11-12)10-6-8-4-2-3-5-9(8)13-10/h2-7,11-12H,1H3. The van der Waals surface area contributed by atoms with E-state index in [-0.39, 0.29) is 6.04 Å². The minimum atomic E-state index is -0.174. The summed E-state index contributed by atoms with van der Waals surface area (Å²) in [5.74, 6) is 0.740. The molecule has 2 aromatic rings. The molecule has 0 aliphatic rings. The van der Waals surface area contributed by atoms with Crippen LogP contribution in [0.15, 0.2) is 34.7 Å². The number of para-hydroxylation sites is 1. The second kappa shape index (κ2) is 3.20. The van der Waals surface area contributed by atoms with Crippen LogP contribution in [0.1, 0.15) is 18.7 Å². The molecule has 0 aliphatic heterocycles. The van der Waals surface area contributed by atoms with E-state index in [1.54, 1.807) is 0 Å². The molecular formula is C10H11NO2. The first-order valence-electron chi connectivity index (χ1n) is 4.19. The van der Waals surface area contributed by atoms with Crippen molar-refractivity contribution in [3.63, 3.8) is 0 Å². The summed E-state index contributed by atoms with van der Waals surface area (Å²) in [5, 5.41) is 9.76. The van der Waals surface area contributed by atoms with E-state index in [0.29, 0.717) is 0 Å². The number of furan rings is 1. The highest BCUT2D eigenvalue weighted by atomic mass is 16.5. The molecule has 1 heterocycles. The lowest BCUT2D eigenvalue weighted by Crippen LogP contribution is -2.11. The molecule has 3 heteroatoms. The van der Waals surface area contributed by atoms with E-state index in [0.717, 1.165) is 16.7 Å². The smallest absolute Gasteiger partial charge is 0.134 e. The van der Waals surface area contributed by atoms with Gasteiger partial charge < -0.3 is 9.62 Å². The van der Waals surface area contributed by atoms with Gasteiger partial charge in [-0.2, -0.15) is 5.48 Å². The molecule has 0 aliphatic carbocycles. The van der Waals surface area contributed by atoms with Crippen LogP contribution in [-0.4, -0.2) is 5.21 Å². The second-order valence-electron chi connectivity index (χ2n) is 3.04. The first-order valence-corrected chi connectivity index (χ1v) is 4.19. The maximum absolute atomic E-state index is 8.70. The molecule has 0 saturated carbocycles. The van der Waals surface area contributed by atoms with Gasteiger partial charge in [-0.25, -0.2) is 0 Å². The van der Waals surface area contributed by atoms with Gasteiger partial charge in [-0.15, -0.1) is 0 Å². The third-order valence-corrected chi connectivity index (χ3v) is 2.07. The third-order valence-electron chi connectivity index (χ3n) is 2.07. The van der Waals surface area contributed by atoms with Crippen molar-refractivity contribution in [1.82, 2.24) is 5.48 Å². The Morgan fingerprint density at radius 1 is 1.38 bits per heavy atom. The summed E-state index contributed by atoms with van der Waals surface area (Å²) >= 11 is 0. The number of nitrogens with one attached hydrogen (secondary N) is 1. The zero-order valence-corrected chi connectivity index (χ0v) is 7.32. The summed E-state index contributed by atoms with van der Waals surface area (Å²) in [5.41, 5.74) is 3.00. The predicted octanol–water partition coefficient (Wildman–Crippen LogP) is 2.47. The summed E-state index contributed by atoms with van der Waals surface area (Å²) in [6.45, 7) is 1.83. The van der Waals surface area contributed by atoms with Gasteiger partial charge in [0, 0.05) is 5.39 Å². The first kappa shape index (κ1) is 8.29. The fraction of sp³-hybridized carbons (Fsp3) is 0.200. The summed E-state index contributed by atoms with van der Waals surface area (Å²) in [4.78, 5) is 0. The van der Waals surface area contributed by atoms with Crippen LogP contribution < -0.4 is 5.48 Å². The van der Waals surface area contributed by atoms with Gasteiger partial charge in [0.05, 0.1) is 6.04 Å². The first-order chi connectivity index (χ1) is 6.31. The van der Waals surface area contributed by atoms with E-state index in [2.05, 4.69) is 5.48 Å². The molecule has 0 bridgehead atoms. The van der Waals surface area contributed by atoms with Gasteiger partial charge in [0.1, 0.15) is 11.3 Å². The summed E-state index contributed by atoms with van der Waals surface area (Å²) in [6.07, 6.45) is 0. The Labute approximate surface area is 75.9 Å². The minimum Gasteiger partial charge on any atom is -0.459 e. The average Bonchev–Trinajstić information content (AvgIpc) is 2.59. The summed E-state index contributed by atoms with van der Waals surface area (Å²) in [7, 11) is 0. The van der Waals surface area contributed by atoms with Crippen LogP contribution in [0.3, 0.4) is 0 Å². The molecule has 1 unspecified atom stereocenters. The van der Waals surface area contributed by atoms with Crippen molar-refractivity contribution in [3.05, 3.63) is 36.1 Å². The van der Waals surface area contributed by atoms with E-state index < -0.39 is 0 Å². The van der Waals surface area contributed by atoms with E-state index in [9.17, 15) is 0 Å². The van der Waals surface area contributed by atoms with E-state index in [1.165, 1.54) is 0 Å². The maximum atomic E-state index is 8.70. The van der Waals surface area contributed by atoms with E-state index in [4.69, 9.17) is 9.62 Å². The van der Waals surface area contributed by atoms with Crippen molar-refractivity contribution < 1.29 is 9.62 Å². The SMILES string of the molecule is CC(NO)c1cc2ccccc2o1. The Balaban J connectivity index is 2.49. The molecule has 0 radical (unpaired) electrons. The summed E-state index contributed by atoms with van der Waals surface area (Å²) < 4.78 is 5.50. The number of fused-ring (bicyclic) bond motifs is 1. The van der Waals surface area contributed by atoms with Crippen LogP contribution >= 0.6 is 0 Å². The van der Waals surface area contributed by atoms with Gasteiger partial charge >= 0.3 is 0 Å². The Hall–Kier alpha value is -1.32. The zero-order chi connectivity index (χ0) is 9.26. The van der Waals surface area contributed by atoms with Gasteiger partial charge in [0.2, 0.25) is 0 Å². The Bertz CT molecular complexity index is 375. The second-order valence-corrected chi connectivity index (χ2v) is 3.04. The van der Waals surface area contributed by atoms with Gasteiger partial charge in [0.15, 0.2) is 0 Å². The number of rotatable bonds is 2. The molecule has 3 nitrogen and oxygen atoms in total. The third kappa shape index (κ3) is 1.43. The van der Waals surface area contributed by atoms with Gasteiger partial charge in [-0.05, 0) is 19.1 Å². The van der Waals surface area contributed by atoms with Crippen molar-refractivity contribution in [2.75, 3.05) is 0 Å². The van der Waals surface area contributed by atoms with Crippen molar-refractivity contribution in [3.8, 4) is 0 Å². The van der Waals surface area contributed by atoms with Crippen LogP contribution in [0.4, 0.5) is 0 Å². The van der Waals surface area contributed by atoms with Gasteiger partial charge in [0.25, 0.3) is 0 Å². The van der Waals surface area contributed by atoms with Crippen LogP contribution in [0, 0.1) is 0 Å². The predicted molar refractivity (Wildman–Crippen MR) is 49.6 cm³/mol. The molecule has 1 aromatic heterocycles. The van der Waals surface area contributed by atoms with Crippen molar-refractivity contribution >= 4 is 11.0 Å². The number of hydroxylamine groups is 1. The lowest BCUT2D eigenvalue weighted by molar-refractivity contribution is 0.124. The van der Waals surface area contributed by atoms with Crippen LogP contribution in [0.25, 0.3) is 11.0 Å². The molecule has 0 spiro atoms. The van der Waals surface area contributed by atoms with Gasteiger partial charge in [-0.3, -0.25) is 0 Å². The van der Waals surface area contributed by atoms with E-state index >= 15 is 0 Å². The van der Waals surface area contributed by atoms with Gasteiger partial charge in [-0.1, -0.05) is 18.2 Å². The quantitative estimate of drug-likeness (QED) is 0.692. The monoisotopic (exact) mass is 177 g/mol. The Morgan fingerprint density at radius 2 is 2.15 bits per heavy atom. The lowest BCUT2D eigenvalue weighted by Gasteiger charge is -2.02. The number of hydrogen-bond donors (Lipinski definition) is 2. The minimum absolute atomic E-state index is 0.174. The number of benzene rings is 1. The van der Waals surface area contributed by atoms with Crippen LogP contribution in [0.5, 0.6) is 0 Å². The highest BCUT2D eigenvalue weighted by Gasteiger charge is 2.09. The molecule has 2 N–H and O–H groups in total. The summed E-state index contributed by atoms with van der Waals surface area (Å²) in [6, 6.07) is 9.51. The van der Waals surface area contributed by atoms with Crippen molar-refractivity contribution in [1.29, 1.82) is 0 Å². The molecule has 1 atom stereocenters. The topological polar surface area (TPSA) is 45.4 Å². The molecule has 13 heavy (non-hydrogen) atoms. The van der Waals surface area contributed by atoms with Crippen LogP contribution in [-0.2, 0) is 0 Å². The molecular weight excluding hydrogens is 166 g/mol. The molecule has 1 aromatic carbocycles. The molecule has 0 saturated heterocycles. The number of hydrogen-bond acceptors (Lipinski definition) is 3. The Kier molecular flexibility index (Phi) is 2.04. The average molecular weight is 177 g/mol. The largest absolute Gasteiger partial charge is 0.459 e. The lowest BCUT2D eigenvalue weighted by atomic mass is 10.2.